The zero-order chi connectivity index (χ0) is 10.1. The maximum atomic E-state index is 4.67. The average Bonchev–Trinajstić information content (AvgIpc) is 2.91. The van der Waals surface area contributed by atoms with E-state index in [0.29, 0.717) is 0 Å². The fraction of sp³-hybridized carbons (Fsp3) is 0.750. The van der Waals surface area contributed by atoms with Crippen molar-refractivity contribution in [2.24, 2.45) is 5.92 Å². The van der Waals surface area contributed by atoms with E-state index in [0.717, 1.165) is 18.4 Å². The lowest BCUT2D eigenvalue weighted by atomic mass is 9.85. The smallest absolute Gasteiger partial charge is 0.0959 e. The monoisotopic (exact) mass is 222 g/mol. The lowest BCUT2D eigenvalue weighted by molar-refractivity contribution is 0.301. The van der Waals surface area contributed by atoms with Crippen LogP contribution in [0, 0.1) is 5.92 Å². The molecule has 2 saturated carbocycles. The van der Waals surface area contributed by atoms with Crippen molar-refractivity contribution in [2.75, 3.05) is 6.54 Å². The molecule has 1 aromatic heterocycles. The van der Waals surface area contributed by atoms with Gasteiger partial charge in [-0.1, -0.05) is 6.42 Å². The van der Waals surface area contributed by atoms with Crippen molar-refractivity contribution in [3.05, 3.63) is 16.1 Å². The highest BCUT2D eigenvalue weighted by molar-refractivity contribution is 7.09. The summed E-state index contributed by atoms with van der Waals surface area (Å²) in [5, 5.41) is 7.11. The Hall–Kier alpha value is -0.410. The molecule has 82 valence electrons. The van der Waals surface area contributed by atoms with Crippen LogP contribution in [0.5, 0.6) is 0 Å². The summed E-state index contributed by atoms with van der Waals surface area (Å²) in [6, 6.07) is 0. The predicted molar refractivity (Wildman–Crippen MR) is 63.1 cm³/mol. The van der Waals surface area contributed by atoms with Gasteiger partial charge in [-0.15, -0.1) is 11.3 Å². The van der Waals surface area contributed by atoms with E-state index in [1.54, 1.807) is 0 Å². The van der Waals surface area contributed by atoms with Crippen molar-refractivity contribution in [3.63, 3.8) is 0 Å². The first-order valence-corrected chi connectivity index (χ1v) is 6.95. The van der Waals surface area contributed by atoms with Crippen LogP contribution in [0.1, 0.15) is 48.7 Å². The quantitative estimate of drug-likeness (QED) is 0.828. The van der Waals surface area contributed by atoms with Gasteiger partial charge in [-0.3, -0.25) is 0 Å². The molecule has 1 heterocycles. The van der Waals surface area contributed by atoms with Gasteiger partial charge in [0.25, 0.3) is 0 Å². The van der Waals surface area contributed by atoms with Crippen LogP contribution in [-0.2, 0) is 6.54 Å². The highest BCUT2D eigenvalue weighted by Gasteiger charge is 2.26. The number of hydrogen-bond donors (Lipinski definition) is 1. The second-order valence-corrected chi connectivity index (χ2v) is 5.77. The third-order valence-electron chi connectivity index (χ3n) is 3.46. The number of aromatic nitrogens is 1. The Balaban J connectivity index is 1.44. The Morgan fingerprint density at radius 1 is 1.33 bits per heavy atom. The highest BCUT2D eigenvalue weighted by Crippen LogP contribution is 2.41. The van der Waals surface area contributed by atoms with Crippen LogP contribution >= 0.6 is 11.3 Å². The zero-order valence-electron chi connectivity index (χ0n) is 9.04. The van der Waals surface area contributed by atoms with Gasteiger partial charge < -0.3 is 5.32 Å². The Bertz CT molecular complexity index is 326. The third-order valence-corrected chi connectivity index (χ3v) is 4.52. The molecule has 0 bridgehead atoms. The third kappa shape index (κ3) is 2.40. The van der Waals surface area contributed by atoms with Gasteiger partial charge in [-0.05, 0) is 38.1 Å². The van der Waals surface area contributed by atoms with Gasteiger partial charge in [0.15, 0.2) is 0 Å². The summed E-state index contributed by atoms with van der Waals surface area (Å²) < 4.78 is 0. The SMILES string of the molecule is c1sc(C2CC2)nc1CNCC1CCC1. The van der Waals surface area contributed by atoms with Gasteiger partial charge in [0, 0.05) is 17.8 Å². The second kappa shape index (κ2) is 4.22. The lowest BCUT2D eigenvalue weighted by Crippen LogP contribution is -2.26. The second-order valence-electron chi connectivity index (χ2n) is 4.88. The van der Waals surface area contributed by atoms with Crippen molar-refractivity contribution in [2.45, 2.75) is 44.6 Å². The predicted octanol–water partition coefficient (Wildman–Crippen LogP) is 2.91. The molecule has 2 aliphatic carbocycles. The van der Waals surface area contributed by atoms with Crippen LogP contribution in [0.15, 0.2) is 5.38 Å². The maximum Gasteiger partial charge on any atom is 0.0959 e. The van der Waals surface area contributed by atoms with E-state index >= 15 is 0 Å². The number of thiazole rings is 1. The molecule has 0 spiro atoms. The summed E-state index contributed by atoms with van der Waals surface area (Å²) in [7, 11) is 0. The van der Waals surface area contributed by atoms with E-state index in [4.69, 9.17) is 0 Å². The molecule has 15 heavy (non-hydrogen) atoms. The molecule has 3 rings (SSSR count). The van der Waals surface area contributed by atoms with E-state index in [-0.39, 0.29) is 0 Å². The van der Waals surface area contributed by atoms with Gasteiger partial charge >= 0.3 is 0 Å². The van der Waals surface area contributed by atoms with Crippen LogP contribution in [0.2, 0.25) is 0 Å². The summed E-state index contributed by atoms with van der Waals surface area (Å²) in [4.78, 5) is 4.67. The molecule has 0 atom stereocenters. The lowest BCUT2D eigenvalue weighted by Gasteiger charge is -2.25. The zero-order valence-corrected chi connectivity index (χ0v) is 9.85. The summed E-state index contributed by atoms with van der Waals surface area (Å²) in [6.45, 7) is 2.16. The van der Waals surface area contributed by atoms with Crippen molar-refractivity contribution in [3.8, 4) is 0 Å². The summed E-state index contributed by atoms with van der Waals surface area (Å²) in [5.74, 6) is 1.77. The van der Waals surface area contributed by atoms with Crippen LogP contribution in [0.25, 0.3) is 0 Å². The molecule has 0 unspecified atom stereocenters. The summed E-state index contributed by atoms with van der Waals surface area (Å²) in [6.07, 6.45) is 7.02. The molecular formula is C12H18N2S. The molecule has 2 nitrogen and oxygen atoms in total. The largest absolute Gasteiger partial charge is 0.311 e. The molecule has 0 radical (unpaired) electrons. The van der Waals surface area contributed by atoms with Gasteiger partial charge in [0.05, 0.1) is 10.7 Å². The molecular weight excluding hydrogens is 204 g/mol. The van der Waals surface area contributed by atoms with E-state index in [2.05, 4.69) is 15.7 Å². The number of rotatable bonds is 5. The van der Waals surface area contributed by atoms with E-state index in [1.807, 2.05) is 11.3 Å². The molecule has 2 fully saturated rings. The van der Waals surface area contributed by atoms with Gasteiger partial charge in [0.2, 0.25) is 0 Å². The van der Waals surface area contributed by atoms with E-state index in [1.165, 1.54) is 49.4 Å². The van der Waals surface area contributed by atoms with Crippen LogP contribution in [0.3, 0.4) is 0 Å². The van der Waals surface area contributed by atoms with Crippen LogP contribution in [0.4, 0.5) is 0 Å². The first-order valence-electron chi connectivity index (χ1n) is 6.07. The minimum absolute atomic E-state index is 0.815. The van der Waals surface area contributed by atoms with Gasteiger partial charge in [0.1, 0.15) is 0 Å². The maximum absolute atomic E-state index is 4.67. The Morgan fingerprint density at radius 3 is 2.87 bits per heavy atom. The topological polar surface area (TPSA) is 24.9 Å². The van der Waals surface area contributed by atoms with Crippen molar-refractivity contribution in [1.29, 1.82) is 0 Å². The molecule has 0 amide bonds. The molecule has 3 heteroatoms. The van der Waals surface area contributed by atoms with Crippen molar-refractivity contribution >= 4 is 11.3 Å². The van der Waals surface area contributed by atoms with Crippen molar-refractivity contribution < 1.29 is 0 Å². The highest BCUT2D eigenvalue weighted by atomic mass is 32.1. The number of hydrogen-bond acceptors (Lipinski definition) is 3. The Kier molecular flexibility index (Phi) is 2.76. The van der Waals surface area contributed by atoms with Crippen LogP contribution < -0.4 is 5.32 Å². The van der Waals surface area contributed by atoms with Crippen molar-refractivity contribution in [1.82, 2.24) is 10.3 Å². The fourth-order valence-corrected chi connectivity index (χ4v) is 3.01. The van der Waals surface area contributed by atoms with Gasteiger partial charge in [-0.2, -0.15) is 0 Å². The van der Waals surface area contributed by atoms with Gasteiger partial charge in [-0.25, -0.2) is 4.98 Å². The summed E-state index contributed by atoms with van der Waals surface area (Å²) in [5.41, 5.74) is 1.25. The normalized spacial score (nSPS) is 21.6. The molecule has 1 aromatic rings. The molecule has 2 aliphatic rings. The molecule has 0 aromatic carbocycles. The number of nitrogens with one attached hydrogen (secondary N) is 1. The Labute approximate surface area is 95.1 Å². The number of nitrogens with zero attached hydrogens (tertiary/aromatic N) is 1. The minimum Gasteiger partial charge on any atom is -0.311 e. The molecule has 0 saturated heterocycles. The molecule has 1 N–H and O–H groups in total. The minimum atomic E-state index is 0.815. The fourth-order valence-electron chi connectivity index (χ4n) is 2.02. The first kappa shape index (κ1) is 9.79. The first-order chi connectivity index (χ1) is 7.42. The van der Waals surface area contributed by atoms with E-state index < -0.39 is 0 Å². The Morgan fingerprint density at radius 2 is 2.20 bits per heavy atom. The van der Waals surface area contributed by atoms with Crippen LogP contribution in [-0.4, -0.2) is 11.5 Å². The summed E-state index contributed by atoms with van der Waals surface area (Å²) >= 11 is 1.85. The van der Waals surface area contributed by atoms with E-state index in [9.17, 15) is 0 Å². The average molecular weight is 222 g/mol. The molecule has 0 aliphatic heterocycles. The standard InChI is InChI=1S/C12H18N2S/c1-2-9(3-1)6-13-7-11-8-15-12(14-11)10-4-5-10/h8-10,13H,1-7H2.